The number of amides is 3. The molecule has 0 saturated heterocycles. The molecule has 9 heteroatoms. The van der Waals surface area contributed by atoms with Gasteiger partial charge in [-0.1, -0.05) is 62.7 Å². The summed E-state index contributed by atoms with van der Waals surface area (Å²) in [7, 11) is 1.18. The standard InChI is InChI=1S/C35H41N3O6/c1-23(2)30-21-25(20-27-11-8-9-12-29(27)30)10-6-5-7-13-32(40)36-28-16-14-26(31(22-28)24(3)39)15-17-33(41)37-38-34(42)18-19-35(43)44-4/h8-9,11-12,14,16,18-23H,5-7,10,13,15,17H2,1-4H3,(H,36,40)(H,37,41)(H,38,42)/b19-18+. The van der Waals surface area contributed by atoms with E-state index in [-0.39, 0.29) is 24.5 Å². The fraction of sp³-hybridized carbons (Fsp3) is 0.343. The van der Waals surface area contributed by atoms with Gasteiger partial charge in [0.1, 0.15) is 0 Å². The van der Waals surface area contributed by atoms with Crippen molar-refractivity contribution in [3.8, 4) is 0 Å². The van der Waals surface area contributed by atoms with Crippen molar-refractivity contribution in [1.29, 1.82) is 0 Å². The van der Waals surface area contributed by atoms with E-state index in [1.165, 1.54) is 35.9 Å². The number of carbonyl (C=O) groups excluding carboxylic acids is 5. The van der Waals surface area contributed by atoms with E-state index in [1.54, 1.807) is 18.2 Å². The molecule has 0 aliphatic carbocycles. The number of nitrogens with one attached hydrogen (secondary N) is 3. The molecule has 3 aromatic carbocycles. The van der Waals surface area contributed by atoms with Gasteiger partial charge in [-0.25, -0.2) is 4.79 Å². The van der Waals surface area contributed by atoms with Crippen LogP contribution in [0.15, 0.2) is 66.7 Å². The fourth-order valence-corrected chi connectivity index (χ4v) is 4.94. The molecular formula is C35H41N3O6. The number of carbonyl (C=O) groups is 5. The zero-order valence-electron chi connectivity index (χ0n) is 25.8. The smallest absolute Gasteiger partial charge is 0.330 e. The van der Waals surface area contributed by atoms with Crippen LogP contribution in [0.25, 0.3) is 10.8 Å². The molecule has 0 fully saturated rings. The fourth-order valence-electron chi connectivity index (χ4n) is 4.94. The third-order valence-corrected chi connectivity index (χ3v) is 7.24. The zero-order valence-corrected chi connectivity index (χ0v) is 25.8. The van der Waals surface area contributed by atoms with E-state index < -0.39 is 17.8 Å². The Balaban J connectivity index is 1.44. The van der Waals surface area contributed by atoms with Gasteiger partial charge in [0, 0.05) is 36.2 Å². The maximum Gasteiger partial charge on any atom is 0.330 e. The van der Waals surface area contributed by atoms with Gasteiger partial charge in [0.05, 0.1) is 7.11 Å². The number of ether oxygens (including phenoxy) is 1. The van der Waals surface area contributed by atoms with Crippen molar-refractivity contribution >= 4 is 45.9 Å². The van der Waals surface area contributed by atoms with Crippen LogP contribution in [-0.2, 0) is 36.8 Å². The van der Waals surface area contributed by atoms with Crippen molar-refractivity contribution in [3.05, 3.63) is 89.0 Å². The minimum Gasteiger partial charge on any atom is -0.466 e. The topological polar surface area (TPSA) is 131 Å². The summed E-state index contributed by atoms with van der Waals surface area (Å²) in [6.07, 6.45) is 6.14. The van der Waals surface area contributed by atoms with Gasteiger partial charge < -0.3 is 10.1 Å². The van der Waals surface area contributed by atoms with Gasteiger partial charge in [0.25, 0.3) is 5.91 Å². The summed E-state index contributed by atoms with van der Waals surface area (Å²) < 4.78 is 4.39. The Morgan fingerprint density at radius 1 is 0.818 bits per heavy atom. The van der Waals surface area contributed by atoms with Gasteiger partial charge >= 0.3 is 5.97 Å². The molecule has 232 valence electrons. The highest BCUT2D eigenvalue weighted by Gasteiger charge is 2.13. The molecule has 0 unspecified atom stereocenters. The maximum absolute atomic E-state index is 12.6. The number of unbranched alkanes of at least 4 members (excludes halogenated alkanes) is 2. The monoisotopic (exact) mass is 599 g/mol. The van der Waals surface area contributed by atoms with Gasteiger partial charge in [-0.05, 0) is 78.1 Å². The average molecular weight is 600 g/mol. The highest BCUT2D eigenvalue weighted by atomic mass is 16.5. The normalized spacial score (nSPS) is 11.0. The van der Waals surface area contributed by atoms with Crippen molar-refractivity contribution in [1.82, 2.24) is 10.9 Å². The first-order chi connectivity index (χ1) is 21.1. The van der Waals surface area contributed by atoms with Gasteiger partial charge in [-0.3, -0.25) is 30.0 Å². The highest BCUT2D eigenvalue weighted by molar-refractivity contribution is 5.99. The number of hydrogen-bond donors (Lipinski definition) is 3. The van der Waals surface area contributed by atoms with Crippen molar-refractivity contribution in [2.75, 3.05) is 12.4 Å². The molecule has 3 N–H and O–H groups in total. The molecule has 0 bridgehead atoms. The van der Waals surface area contributed by atoms with E-state index in [2.05, 4.69) is 71.2 Å². The summed E-state index contributed by atoms with van der Waals surface area (Å²) in [6, 6.07) is 18.1. The molecule has 0 heterocycles. The van der Waals surface area contributed by atoms with Crippen LogP contribution in [-0.4, -0.2) is 36.6 Å². The van der Waals surface area contributed by atoms with Crippen LogP contribution in [0.1, 0.15) is 85.8 Å². The Hall–Kier alpha value is -4.79. The number of benzene rings is 3. The number of methoxy groups -OCH3 is 1. The molecule has 44 heavy (non-hydrogen) atoms. The van der Waals surface area contributed by atoms with E-state index in [0.717, 1.165) is 37.8 Å². The molecule has 0 spiro atoms. The van der Waals surface area contributed by atoms with E-state index >= 15 is 0 Å². The molecule has 0 aliphatic heterocycles. The second-order valence-electron chi connectivity index (χ2n) is 11.0. The summed E-state index contributed by atoms with van der Waals surface area (Å²) in [6.45, 7) is 5.87. The van der Waals surface area contributed by atoms with Crippen LogP contribution in [0.4, 0.5) is 5.69 Å². The molecule has 0 aliphatic rings. The second-order valence-corrected chi connectivity index (χ2v) is 11.0. The van der Waals surface area contributed by atoms with Crippen molar-refractivity contribution in [2.45, 2.75) is 71.6 Å². The predicted octanol–water partition coefficient (Wildman–Crippen LogP) is 5.72. The number of esters is 1. The maximum atomic E-state index is 12.6. The second kappa shape index (κ2) is 16.7. The molecule has 3 amide bonds. The molecule has 0 radical (unpaired) electrons. The number of ketones is 1. The lowest BCUT2D eigenvalue weighted by Crippen LogP contribution is -2.41. The van der Waals surface area contributed by atoms with Crippen LogP contribution >= 0.6 is 0 Å². The number of Topliss-reactive ketones (excluding diaryl/α,β-unsaturated/α-hetero) is 1. The first-order valence-corrected chi connectivity index (χ1v) is 14.9. The lowest BCUT2D eigenvalue weighted by Gasteiger charge is -2.13. The highest BCUT2D eigenvalue weighted by Crippen LogP contribution is 2.28. The SMILES string of the molecule is COC(=O)/C=C/C(=O)NNC(=O)CCc1ccc(NC(=O)CCCCCc2cc(C(C)C)c3ccccc3c2)cc1C(C)=O. The number of rotatable bonds is 14. The third kappa shape index (κ3) is 10.5. The minimum absolute atomic E-state index is 0.00493. The lowest BCUT2D eigenvalue weighted by molar-refractivity contribution is -0.135. The Morgan fingerprint density at radius 3 is 2.32 bits per heavy atom. The van der Waals surface area contributed by atoms with E-state index in [4.69, 9.17) is 0 Å². The molecule has 0 atom stereocenters. The Bertz CT molecular complexity index is 1540. The van der Waals surface area contributed by atoms with Crippen LogP contribution in [0.2, 0.25) is 0 Å². The van der Waals surface area contributed by atoms with E-state index in [9.17, 15) is 24.0 Å². The predicted molar refractivity (Wildman–Crippen MR) is 171 cm³/mol. The number of aryl methyl sites for hydroxylation is 2. The zero-order chi connectivity index (χ0) is 32.1. The summed E-state index contributed by atoms with van der Waals surface area (Å²) >= 11 is 0. The van der Waals surface area contributed by atoms with Crippen LogP contribution in [0.5, 0.6) is 0 Å². The summed E-state index contributed by atoms with van der Waals surface area (Å²) in [5.41, 5.74) is 8.69. The van der Waals surface area contributed by atoms with Gasteiger partial charge in [-0.2, -0.15) is 0 Å². The number of fused-ring (bicyclic) bond motifs is 1. The summed E-state index contributed by atoms with van der Waals surface area (Å²) in [5, 5.41) is 5.45. The Labute approximate surface area is 258 Å². The molecule has 3 aromatic rings. The van der Waals surface area contributed by atoms with Crippen molar-refractivity contribution < 1.29 is 28.7 Å². The van der Waals surface area contributed by atoms with Crippen LogP contribution < -0.4 is 16.2 Å². The van der Waals surface area contributed by atoms with E-state index in [1.807, 2.05) is 0 Å². The molecule has 0 aromatic heterocycles. The van der Waals surface area contributed by atoms with Crippen LogP contribution in [0, 0.1) is 0 Å². The molecule has 0 saturated carbocycles. The summed E-state index contributed by atoms with van der Waals surface area (Å²) in [4.78, 5) is 59.7. The molecular weight excluding hydrogens is 558 g/mol. The first-order valence-electron chi connectivity index (χ1n) is 14.9. The lowest BCUT2D eigenvalue weighted by atomic mass is 9.92. The Kier molecular flexibility index (Phi) is 12.8. The van der Waals surface area contributed by atoms with Crippen molar-refractivity contribution in [2.24, 2.45) is 0 Å². The Morgan fingerprint density at radius 2 is 1.59 bits per heavy atom. The quantitative estimate of drug-likeness (QED) is 0.0715. The van der Waals surface area contributed by atoms with Gasteiger partial charge in [0.15, 0.2) is 5.78 Å². The van der Waals surface area contributed by atoms with Gasteiger partial charge in [0.2, 0.25) is 11.8 Å². The number of hydrazine groups is 1. The third-order valence-electron chi connectivity index (χ3n) is 7.24. The first kappa shape index (κ1) is 33.7. The molecule has 3 rings (SSSR count). The summed E-state index contributed by atoms with van der Waals surface area (Å²) in [5.74, 6) is -1.72. The molecule has 9 nitrogen and oxygen atoms in total. The van der Waals surface area contributed by atoms with Crippen LogP contribution in [0.3, 0.4) is 0 Å². The van der Waals surface area contributed by atoms with Crippen molar-refractivity contribution in [3.63, 3.8) is 0 Å². The van der Waals surface area contributed by atoms with E-state index in [0.29, 0.717) is 29.2 Å². The number of anilines is 1. The van der Waals surface area contributed by atoms with Gasteiger partial charge in [-0.15, -0.1) is 0 Å². The number of hydrogen-bond acceptors (Lipinski definition) is 6. The largest absolute Gasteiger partial charge is 0.466 e. The minimum atomic E-state index is -0.698. The average Bonchev–Trinajstić information content (AvgIpc) is 3.01.